The number of halogens is 1. The van der Waals surface area contributed by atoms with Gasteiger partial charge in [-0.25, -0.2) is 38.4 Å². The number of hydrogen-bond acceptors (Lipinski definition) is 21. The molecule has 0 fully saturated rings. The fourth-order valence-corrected chi connectivity index (χ4v) is 9.94. The second-order valence-electron chi connectivity index (χ2n) is 27.2. The zero-order chi connectivity index (χ0) is 83.5. The van der Waals surface area contributed by atoms with Gasteiger partial charge in [0.15, 0.2) is 0 Å². The highest BCUT2D eigenvalue weighted by molar-refractivity contribution is 6.13. The maximum absolute atomic E-state index is 12.8. The van der Waals surface area contributed by atoms with Crippen LogP contribution in [0.3, 0.4) is 0 Å². The average molecular weight is 1560 g/mol. The lowest BCUT2D eigenvalue weighted by molar-refractivity contribution is 0.0581. The van der Waals surface area contributed by atoms with Gasteiger partial charge in [0.2, 0.25) is 0 Å². The van der Waals surface area contributed by atoms with Crippen molar-refractivity contribution in [2.75, 3.05) is 58.5 Å². The molecule has 0 radical (unpaired) electrons. The predicted molar refractivity (Wildman–Crippen MR) is 407 cm³/mol. The highest BCUT2D eigenvalue weighted by Gasteiger charge is 2.26. The number of nitrogens with zero attached hydrogens (tertiary/aromatic N) is 10. The molecule has 9 aromatic rings. The maximum atomic E-state index is 12.8. The Morgan fingerprint density at radius 1 is 0.351 bits per heavy atom. The van der Waals surface area contributed by atoms with E-state index in [9.17, 15) is 57.5 Å². The lowest BCUT2D eigenvalue weighted by Gasteiger charge is -2.19. The molecule has 9 heterocycles. The first-order chi connectivity index (χ1) is 51.7. The van der Waals surface area contributed by atoms with Crippen LogP contribution in [0, 0.1) is 5.53 Å². The quantitative estimate of drug-likeness (QED) is 0.0232. The Morgan fingerprint density at radius 2 is 0.586 bits per heavy atom. The van der Waals surface area contributed by atoms with Crippen LogP contribution in [0.2, 0.25) is 0 Å². The maximum Gasteiger partial charge on any atom is 0.412 e. The summed E-state index contributed by atoms with van der Waals surface area (Å²) in [4.78, 5) is 144. The molecule has 0 unspecified atom stereocenters. The first kappa shape index (κ1) is 88.1. The van der Waals surface area contributed by atoms with Gasteiger partial charge in [-0.2, -0.15) is 5.53 Å². The van der Waals surface area contributed by atoms with Gasteiger partial charge >= 0.3 is 48.1 Å². The van der Waals surface area contributed by atoms with Crippen LogP contribution in [-0.2, 0) is 91.9 Å². The normalized spacial score (nSPS) is 10.8. The van der Waals surface area contributed by atoms with Crippen molar-refractivity contribution in [3.8, 4) is 5.75 Å². The molecule has 0 aliphatic carbocycles. The van der Waals surface area contributed by atoms with Crippen molar-refractivity contribution in [1.82, 2.24) is 41.1 Å². The Morgan fingerprint density at radius 3 is 0.847 bits per heavy atom. The van der Waals surface area contributed by atoms with E-state index >= 15 is 0 Å². The minimum atomic E-state index is -1.09. The highest BCUT2D eigenvalue weighted by Crippen LogP contribution is 2.25. The zero-order valence-corrected chi connectivity index (χ0v) is 65.8. The standard InChI is InChI=1S/C24H29N5O7.C18H24N4O5.C17H22N4O5.C13H15N3O3.ClHN2/c1-24(2,3)36-23(33)26-15-8-17(27(4)12-15)20(30)25-14-9-18(28(5)11-14)22(32)35-16-10-19(21(31)34-7)29(6)13-16;1-18(2,3)27-17(25)20-12-7-13(21(4)10-12)15(23)19-11-8-14(16(24)26-6)22(5)9-11;1-17(2,3)26-16(25)19-11-6-12(20(4)9-11)14(22)18-10-7-13(15(23)24)21(5)8-10;1-15-6-4-5-10(15)12(17)14-9-7-11(13(18)19-3)16(2)8-9;1-3-2/h8-13H,1-7H3,(H,25,30)(H,26,33);7-10H,1-6H3,(H,19,23)(H,20,25);6-9H,1-5H3,(H,18,22)(H,19,25)(H,23,24);4-8H,1-3H3,(H,14,17);2H. The summed E-state index contributed by atoms with van der Waals surface area (Å²) in [5, 5.41) is 27.6. The van der Waals surface area contributed by atoms with Gasteiger partial charge in [0, 0.05) is 125 Å². The van der Waals surface area contributed by atoms with E-state index in [2.05, 4.69) is 63.1 Å². The molecule has 0 saturated carbocycles. The van der Waals surface area contributed by atoms with E-state index in [-0.39, 0.29) is 40.1 Å². The number of hydrogen-bond donors (Lipinski definition) is 9. The van der Waals surface area contributed by atoms with E-state index in [0.29, 0.717) is 62.6 Å². The highest BCUT2D eigenvalue weighted by atomic mass is 35.5. The minimum absolute atomic E-state index is 0.0551. The molecule has 0 atom stereocenters. The van der Waals surface area contributed by atoms with Crippen LogP contribution in [0.4, 0.5) is 54.2 Å². The monoisotopic (exact) mass is 1560 g/mol. The summed E-state index contributed by atoms with van der Waals surface area (Å²) in [6, 6.07) is 15.4. The van der Waals surface area contributed by atoms with Crippen LogP contribution in [0.15, 0.2) is 121 Å². The molecule has 596 valence electrons. The number of aromatic nitrogens is 9. The molecule has 111 heavy (non-hydrogen) atoms. The number of carboxylic acid groups (broad SMARTS) is 1. The average Bonchev–Trinajstić information content (AvgIpc) is 1.70. The van der Waals surface area contributed by atoms with E-state index in [0.717, 1.165) is 0 Å². The van der Waals surface area contributed by atoms with Gasteiger partial charge < -0.3 is 101 Å². The summed E-state index contributed by atoms with van der Waals surface area (Å²) in [6.07, 6.45) is 12.5. The van der Waals surface area contributed by atoms with Crippen molar-refractivity contribution in [3.05, 3.63) is 168 Å². The number of aromatic carboxylic acids is 1. The second-order valence-corrected chi connectivity index (χ2v) is 27.4. The smallest absolute Gasteiger partial charge is 0.412 e. The first-order valence-electron chi connectivity index (χ1n) is 33.0. The number of methoxy groups -OCH3 is 3. The SMILES string of the molecule is COC(=O)c1cc(NC(=O)c2cc(NC(=O)OC(C)(C)C)cn2C)cn1C.COC(=O)c1cc(NC(=O)c2cccn2C)cn1C.COC(=O)c1cc(OC(=O)c2cc(NC(=O)c3cc(NC(=O)OC(C)(C)C)cn3C)cn2C)cn1C.Cn1cc(NC(=O)c2cc(NC(=O)OC(C)(C)C)cn2C)cc1C(=O)O.N=NCl. The molecule has 7 amide bonds. The Bertz CT molecular complexity index is 4930. The van der Waals surface area contributed by atoms with Crippen LogP contribution in [0.25, 0.3) is 0 Å². The Kier molecular flexibility index (Phi) is 30.0. The zero-order valence-electron chi connectivity index (χ0n) is 65.0. The molecule has 9 rings (SSSR count). The lowest BCUT2D eigenvalue weighted by Crippen LogP contribution is -2.27. The molecule has 0 aliphatic rings. The summed E-state index contributed by atoms with van der Waals surface area (Å²) in [7, 11) is 18.9. The van der Waals surface area contributed by atoms with Crippen LogP contribution in [0.5, 0.6) is 5.75 Å². The molecular formula is C72H91ClN18O20. The number of carboxylic acids is 1. The number of carbonyl (C=O) groups excluding carboxylic acids is 11. The van der Waals surface area contributed by atoms with Crippen molar-refractivity contribution in [2.45, 2.75) is 79.1 Å². The van der Waals surface area contributed by atoms with Crippen molar-refractivity contribution in [1.29, 1.82) is 5.53 Å². The lowest BCUT2D eigenvalue weighted by atomic mass is 10.2. The Hall–Kier alpha value is -13.6. The summed E-state index contributed by atoms with van der Waals surface area (Å²) < 4.78 is 51.1. The van der Waals surface area contributed by atoms with Gasteiger partial charge in [-0.1, -0.05) is 4.63 Å². The molecule has 39 heteroatoms. The van der Waals surface area contributed by atoms with E-state index in [1.807, 2.05) is 0 Å². The molecule has 0 aliphatic heterocycles. The summed E-state index contributed by atoms with van der Waals surface area (Å²) in [5.74, 6) is -4.61. The second kappa shape index (κ2) is 37.8. The van der Waals surface area contributed by atoms with E-state index in [1.54, 1.807) is 215 Å². The number of carbonyl (C=O) groups is 12. The van der Waals surface area contributed by atoms with E-state index in [4.69, 9.17) is 34.3 Å². The molecule has 0 spiro atoms. The number of ether oxygens (including phenoxy) is 7. The van der Waals surface area contributed by atoms with Crippen LogP contribution < -0.4 is 42.0 Å². The Balaban J connectivity index is 0.000000267. The van der Waals surface area contributed by atoms with Gasteiger partial charge in [0.25, 0.3) is 23.6 Å². The van der Waals surface area contributed by atoms with Gasteiger partial charge in [0.1, 0.15) is 73.8 Å². The van der Waals surface area contributed by atoms with Crippen molar-refractivity contribution >= 4 is 123 Å². The number of esters is 4. The number of nitrogens with one attached hydrogen (secondary N) is 8. The predicted octanol–water partition coefficient (Wildman–Crippen LogP) is 11.3. The molecule has 0 bridgehead atoms. The number of amides is 7. The van der Waals surface area contributed by atoms with Crippen LogP contribution in [0.1, 0.15) is 157 Å². The summed E-state index contributed by atoms with van der Waals surface area (Å²) >= 11 is 4.29. The molecule has 9 aromatic heterocycles. The number of aryl methyl sites for hydroxylation is 9. The van der Waals surface area contributed by atoms with Gasteiger partial charge in [-0.05, 0) is 117 Å². The van der Waals surface area contributed by atoms with E-state index in [1.165, 1.54) is 89.9 Å². The number of anilines is 7. The summed E-state index contributed by atoms with van der Waals surface area (Å²) in [5.41, 5.74) is 9.22. The topological polar surface area (TPSA) is 454 Å². The van der Waals surface area contributed by atoms with Gasteiger partial charge in [-0.3, -0.25) is 35.1 Å². The van der Waals surface area contributed by atoms with Gasteiger partial charge in [-0.15, -0.1) is 0 Å². The van der Waals surface area contributed by atoms with Gasteiger partial charge in [0.05, 0.1) is 72.9 Å². The van der Waals surface area contributed by atoms with Crippen molar-refractivity contribution < 1.29 is 95.8 Å². The van der Waals surface area contributed by atoms with Crippen molar-refractivity contribution in [3.63, 3.8) is 0 Å². The fraction of sp³-hybridized carbons (Fsp3) is 0.333. The fourth-order valence-electron chi connectivity index (χ4n) is 9.94. The summed E-state index contributed by atoms with van der Waals surface area (Å²) in [6.45, 7) is 15.8. The van der Waals surface area contributed by atoms with Crippen molar-refractivity contribution in [2.24, 2.45) is 68.1 Å². The third kappa shape index (κ3) is 26.1. The molecule has 38 nitrogen and oxygen atoms in total. The first-order valence-corrected chi connectivity index (χ1v) is 33.4. The Labute approximate surface area is 642 Å². The molecular weight excluding hydrogens is 1470 g/mol. The molecule has 9 N–H and O–H groups in total. The third-order valence-corrected chi connectivity index (χ3v) is 14.7. The minimum Gasteiger partial charge on any atom is -0.477 e. The molecule has 0 aromatic carbocycles. The van der Waals surface area contributed by atoms with E-state index < -0.39 is 82.7 Å². The molecule has 0 saturated heterocycles. The number of rotatable bonds is 17. The van der Waals surface area contributed by atoms with Crippen LogP contribution >= 0.6 is 11.8 Å². The largest absolute Gasteiger partial charge is 0.477 e. The van der Waals surface area contributed by atoms with Crippen LogP contribution in [-0.4, -0.2) is 156 Å². The third-order valence-electron chi connectivity index (χ3n) is 14.7.